The highest BCUT2D eigenvalue weighted by atomic mass is 32.2. The van der Waals surface area contributed by atoms with Gasteiger partial charge >= 0.3 is 0 Å². The molecule has 0 aliphatic heterocycles. The molecule has 0 amide bonds. The van der Waals surface area contributed by atoms with Gasteiger partial charge in [0.2, 0.25) is 0 Å². The first-order valence-electron chi connectivity index (χ1n) is 9.82. The molecule has 152 valence electrons. The summed E-state index contributed by atoms with van der Waals surface area (Å²) in [6, 6.07) is 12.6. The predicted molar refractivity (Wildman–Crippen MR) is 114 cm³/mol. The monoisotopic (exact) mass is 412 g/mol. The second kappa shape index (κ2) is 7.91. The summed E-state index contributed by atoms with van der Waals surface area (Å²) in [5.41, 5.74) is 0.770. The third-order valence-corrected chi connectivity index (χ3v) is 7.12. The Hall–Kier alpha value is -2.80. The van der Waals surface area contributed by atoms with Crippen molar-refractivity contribution < 1.29 is 17.9 Å². The average molecular weight is 413 g/mol. The van der Waals surface area contributed by atoms with E-state index in [0.29, 0.717) is 35.4 Å². The van der Waals surface area contributed by atoms with Gasteiger partial charge in [0, 0.05) is 17.3 Å². The van der Waals surface area contributed by atoms with E-state index in [0.717, 1.165) is 29.3 Å². The molecule has 4 rings (SSSR count). The predicted octanol–water partition coefficient (Wildman–Crippen LogP) is 4.71. The van der Waals surface area contributed by atoms with Gasteiger partial charge in [-0.25, -0.2) is 13.4 Å². The summed E-state index contributed by atoms with van der Waals surface area (Å²) < 4.78 is 36.2. The zero-order valence-electron chi connectivity index (χ0n) is 16.5. The van der Waals surface area contributed by atoms with Crippen LogP contribution in [0, 0.1) is 0 Å². The first-order chi connectivity index (χ1) is 14.0. The minimum absolute atomic E-state index is 0.211. The average Bonchev–Trinajstić information content (AvgIpc) is 3.56. The summed E-state index contributed by atoms with van der Waals surface area (Å²) >= 11 is 0. The summed E-state index contributed by atoms with van der Waals surface area (Å²) in [5.74, 6) is 2.04. The van der Waals surface area contributed by atoms with Crippen LogP contribution in [-0.2, 0) is 9.84 Å². The summed E-state index contributed by atoms with van der Waals surface area (Å²) in [4.78, 5) is 4.83. The molecule has 7 heteroatoms. The molecule has 1 N–H and O–H groups in total. The van der Waals surface area contributed by atoms with Gasteiger partial charge in [-0.3, -0.25) is 0 Å². The fourth-order valence-corrected chi connectivity index (χ4v) is 4.91. The standard InChI is InChI=1S/C22H24N2O4S/c1-3-27-20-13-15-11-12-23-22(19(15)14-21(20)28-4-2)24-16-5-7-17(8-6-16)29(25,26)18-9-10-18/h5-8,11-14,18H,3-4,9-10H2,1-2H3,(H,23,24). The third-order valence-electron chi connectivity index (χ3n) is 4.84. The third kappa shape index (κ3) is 4.00. The summed E-state index contributed by atoms with van der Waals surface area (Å²) in [6.07, 6.45) is 3.25. The van der Waals surface area contributed by atoms with E-state index in [-0.39, 0.29) is 5.25 Å². The van der Waals surface area contributed by atoms with Crippen molar-refractivity contribution in [3.63, 3.8) is 0 Å². The van der Waals surface area contributed by atoms with Gasteiger partial charge in [0.1, 0.15) is 5.82 Å². The van der Waals surface area contributed by atoms with Gasteiger partial charge in [-0.2, -0.15) is 0 Å². The topological polar surface area (TPSA) is 77.5 Å². The molecule has 6 nitrogen and oxygen atoms in total. The molecule has 29 heavy (non-hydrogen) atoms. The normalized spacial score (nSPS) is 14.0. The molecule has 1 heterocycles. The molecule has 0 bridgehead atoms. The van der Waals surface area contributed by atoms with E-state index >= 15 is 0 Å². The summed E-state index contributed by atoms with van der Waals surface area (Å²) in [5, 5.41) is 4.95. The minimum atomic E-state index is -3.19. The fraction of sp³-hybridized carbons (Fsp3) is 0.318. The largest absolute Gasteiger partial charge is 0.490 e. The Morgan fingerprint density at radius 3 is 2.28 bits per heavy atom. The molecule has 0 atom stereocenters. The van der Waals surface area contributed by atoms with Crippen LogP contribution in [0.5, 0.6) is 11.5 Å². The molecule has 0 unspecified atom stereocenters. The lowest BCUT2D eigenvalue weighted by Crippen LogP contribution is -2.06. The lowest BCUT2D eigenvalue weighted by Gasteiger charge is -2.14. The number of hydrogen-bond donors (Lipinski definition) is 1. The van der Waals surface area contributed by atoms with Crippen LogP contribution in [0.4, 0.5) is 11.5 Å². The van der Waals surface area contributed by atoms with Gasteiger partial charge < -0.3 is 14.8 Å². The first kappa shape index (κ1) is 19.5. The SMILES string of the molecule is CCOc1cc2ccnc(Nc3ccc(S(=O)(=O)C4CC4)cc3)c2cc1OCC. The first-order valence-corrected chi connectivity index (χ1v) is 11.4. The molecule has 1 aliphatic carbocycles. The molecule has 1 fully saturated rings. The highest BCUT2D eigenvalue weighted by molar-refractivity contribution is 7.92. The molecule has 0 radical (unpaired) electrons. The number of pyridine rings is 1. The molecule has 3 aromatic rings. The molecule has 1 aromatic heterocycles. The van der Waals surface area contributed by atoms with Crippen molar-refractivity contribution in [2.24, 2.45) is 0 Å². The molecule has 1 aliphatic rings. The quantitative estimate of drug-likeness (QED) is 0.577. The number of aromatic nitrogens is 1. The number of nitrogens with zero attached hydrogens (tertiary/aromatic N) is 1. The minimum Gasteiger partial charge on any atom is -0.490 e. The van der Waals surface area contributed by atoms with Gasteiger partial charge in [-0.15, -0.1) is 0 Å². The van der Waals surface area contributed by atoms with Crippen molar-refractivity contribution in [1.29, 1.82) is 0 Å². The molecular formula is C22H24N2O4S. The highest BCUT2D eigenvalue weighted by Crippen LogP contribution is 2.37. The van der Waals surface area contributed by atoms with Crippen LogP contribution < -0.4 is 14.8 Å². The molecular weight excluding hydrogens is 388 g/mol. The molecule has 0 spiro atoms. The van der Waals surface area contributed by atoms with E-state index in [4.69, 9.17) is 9.47 Å². The zero-order valence-corrected chi connectivity index (χ0v) is 17.3. The van der Waals surface area contributed by atoms with E-state index in [1.807, 2.05) is 32.0 Å². The maximum absolute atomic E-state index is 12.4. The van der Waals surface area contributed by atoms with Crippen LogP contribution in [0.3, 0.4) is 0 Å². The Morgan fingerprint density at radius 1 is 1.00 bits per heavy atom. The van der Waals surface area contributed by atoms with Gasteiger partial charge in [0.25, 0.3) is 0 Å². The lowest BCUT2D eigenvalue weighted by atomic mass is 10.1. The van der Waals surface area contributed by atoms with Crippen molar-refractivity contribution in [2.75, 3.05) is 18.5 Å². The Labute approximate surface area is 170 Å². The summed E-state index contributed by atoms with van der Waals surface area (Å²) in [6.45, 7) is 4.95. The Morgan fingerprint density at radius 2 is 1.66 bits per heavy atom. The molecule has 2 aromatic carbocycles. The van der Waals surface area contributed by atoms with Gasteiger partial charge in [0.05, 0.1) is 23.4 Å². The Bertz CT molecular complexity index is 1120. The van der Waals surface area contributed by atoms with Crippen molar-refractivity contribution in [2.45, 2.75) is 36.8 Å². The van der Waals surface area contributed by atoms with E-state index in [9.17, 15) is 8.42 Å². The van der Waals surface area contributed by atoms with Gasteiger partial charge in [-0.1, -0.05) is 0 Å². The number of anilines is 2. The van der Waals surface area contributed by atoms with Crippen LogP contribution in [0.2, 0.25) is 0 Å². The van der Waals surface area contributed by atoms with E-state index in [1.54, 1.807) is 30.5 Å². The lowest BCUT2D eigenvalue weighted by molar-refractivity contribution is 0.288. The number of ether oxygens (including phenoxy) is 2. The van der Waals surface area contributed by atoms with Crippen molar-refractivity contribution in [3.05, 3.63) is 48.7 Å². The van der Waals surface area contributed by atoms with E-state index in [2.05, 4.69) is 10.3 Å². The fourth-order valence-electron chi connectivity index (χ4n) is 3.25. The Kier molecular flexibility index (Phi) is 5.32. The van der Waals surface area contributed by atoms with Crippen LogP contribution >= 0.6 is 0 Å². The van der Waals surface area contributed by atoms with Crippen molar-refractivity contribution in [3.8, 4) is 11.5 Å². The number of nitrogens with one attached hydrogen (secondary N) is 1. The molecule has 0 saturated heterocycles. The smallest absolute Gasteiger partial charge is 0.181 e. The van der Waals surface area contributed by atoms with Gasteiger partial charge in [0.15, 0.2) is 21.3 Å². The van der Waals surface area contributed by atoms with Crippen LogP contribution in [-0.4, -0.2) is 31.9 Å². The second-order valence-electron chi connectivity index (χ2n) is 6.94. The van der Waals surface area contributed by atoms with E-state index < -0.39 is 9.84 Å². The van der Waals surface area contributed by atoms with E-state index in [1.165, 1.54) is 0 Å². The highest BCUT2D eigenvalue weighted by Gasteiger charge is 2.36. The molecule has 1 saturated carbocycles. The number of sulfone groups is 1. The number of fused-ring (bicyclic) bond motifs is 1. The van der Waals surface area contributed by atoms with Crippen LogP contribution in [0.25, 0.3) is 10.8 Å². The number of benzene rings is 2. The summed E-state index contributed by atoms with van der Waals surface area (Å²) in [7, 11) is -3.19. The number of hydrogen-bond acceptors (Lipinski definition) is 6. The van der Waals surface area contributed by atoms with Crippen LogP contribution in [0.15, 0.2) is 53.6 Å². The maximum Gasteiger partial charge on any atom is 0.181 e. The van der Waals surface area contributed by atoms with Crippen LogP contribution in [0.1, 0.15) is 26.7 Å². The van der Waals surface area contributed by atoms with Crippen molar-refractivity contribution >= 4 is 32.1 Å². The van der Waals surface area contributed by atoms with Crippen molar-refractivity contribution in [1.82, 2.24) is 4.98 Å². The maximum atomic E-state index is 12.4. The second-order valence-corrected chi connectivity index (χ2v) is 9.17. The zero-order chi connectivity index (χ0) is 20.4. The Balaban J connectivity index is 1.66. The van der Waals surface area contributed by atoms with Gasteiger partial charge in [-0.05, 0) is 74.5 Å². The number of rotatable bonds is 8.